The van der Waals surface area contributed by atoms with Gasteiger partial charge in [-0.15, -0.1) is 0 Å². The van der Waals surface area contributed by atoms with Crippen LogP contribution in [0, 0.1) is 22.7 Å². The van der Waals surface area contributed by atoms with Crippen molar-refractivity contribution < 1.29 is 0 Å². The van der Waals surface area contributed by atoms with E-state index in [1.807, 2.05) is 0 Å². The van der Waals surface area contributed by atoms with Crippen LogP contribution in [-0.4, -0.2) is 96.7 Å². The molecule has 0 saturated carbocycles. The van der Waals surface area contributed by atoms with Gasteiger partial charge in [-0.05, 0) is 0 Å². The molecule has 8 aliphatic rings. The third kappa shape index (κ3) is 1.86. The van der Waals surface area contributed by atoms with Gasteiger partial charge >= 0.3 is 0 Å². The molecule has 0 aliphatic carbocycles. The monoisotopic (exact) mass is 328 g/mol. The molecule has 0 spiro atoms. The fourth-order valence-corrected chi connectivity index (χ4v) is 6.86. The van der Waals surface area contributed by atoms with Crippen molar-refractivity contribution in [1.29, 1.82) is 0 Å². The summed E-state index contributed by atoms with van der Waals surface area (Å²) in [5.74, 6) is 1.21. The van der Waals surface area contributed by atoms with E-state index < -0.39 is 0 Å². The average Bonchev–Trinajstić information content (AvgIpc) is 2.46. The van der Waals surface area contributed by atoms with Gasteiger partial charge in [0.05, 0.1) is 24.8 Å². The fraction of sp³-hybridized carbons (Fsp3) is 0.889. The lowest BCUT2D eigenvalue weighted by Crippen LogP contribution is -2.71. The first-order valence-electron chi connectivity index (χ1n) is 9.57. The summed E-state index contributed by atoms with van der Waals surface area (Å²) in [5.41, 5.74) is 3.26. The maximum absolute atomic E-state index is 5.00. The Balaban J connectivity index is 1.36. The summed E-state index contributed by atoms with van der Waals surface area (Å²) in [4.78, 5) is 10.4. The maximum Gasteiger partial charge on any atom is 0.0546 e. The number of piperidine rings is 4. The lowest BCUT2D eigenvalue weighted by molar-refractivity contribution is -0.0447. The van der Waals surface area contributed by atoms with Gasteiger partial charge in [0.2, 0.25) is 0 Å². The Morgan fingerprint density at radius 3 is 1.29 bits per heavy atom. The summed E-state index contributed by atoms with van der Waals surface area (Å²) in [6, 6.07) is 0. The highest BCUT2D eigenvalue weighted by molar-refractivity contribution is 5.98. The lowest BCUT2D eigenvalue weighted by atomic mass is 9.69. The number of rotatable bonds is 1. The third-order valence-corrected chi connectivity index (χ3v) is 7.28. The molecule has 4 atom stereocenters. The van der Waals surface area contributed by atoms with Crippen LogP contribution in [-0.2, 0) is 0 Å². The van der Waals surface area contributed by atoms with E-state index in [1.54, 1.807) is 0 Å². The summed E-state index contributed by atoms with van der Waals surface area (Å²) in [7, 11) is 0. The van der Waals surface area contributed by atoms with Crippen molar-refractivity contribution in [3.63, 3.8) is 0 Å². The van der Waals surface area contributed by atoms with Crippen LogP contribution in [0.3, 0.4) is 0 Å². The van der Waals surface area contributed by atoms with E-state index >= 15 is 0 Å². The van der Waals surface area contributed by atoms with Crippen LogP contribution in [0.15, 0.2) is 10.2 Å². The van der Waals surface area contributed by atoms with Crippen LogP contribution < -0.4 is 0 Å². The van der Waals surface area contributed by atoms with Gasteiger partial charge in [0.1, 0.15) is 0 Å². The topological polar surface area (TPSA) is 37.7 Å². The van der Waals surface area contributed by atoms with E-state index in [0.717, 1.165) is 0 Å². The Morgan fingerprint density at radius 2 is 1.00 bits per heavy atom. The van der Waals surface area contributed by atoms with Gasteiger partial charge in [0, 0.05) is 75.0 Å². The molecule has 0 aromatic carbocycles. The van der Waals surface area contributed by atoms with E-state index in [9.17, 15) is 0 Å². The van der Waals surface area contributed by atoms with Crippen LogP contribution in [0.4, 0.5) is 0 Å². The van der Waals surface area contributed by atoms with Gasteiger partial charge in [-0.3, -0.25) is 19.6 Å². The van der Waals surface area contributed by atoms with Gasteiger partial charge in [-0.1, -0.05) is 13.8 Å². The molecule has 8 bridgehead atoms. The standard InChI is InChI=1S/C18H28N6/c1-17-7-21-3-13(4-22(8-17)11-21)15(17)19-20-16-14-5-23-9-18(16,2)10-24(6-14)12-23/h13-14H,3-12H2,1-2H3. The zero-order valence-corrected chi connectivity index (χ0v) is 14.9. The molecule has 8 heterocycles. The fourth-order valence-electron chi connectivity index (χ4n) is 6.86. The van der Waals surface area contributed by atoms with Gasteiger partial charge in [-0.2, -0.15) is 10.2 Å². The number of hydrogen-bond donors (Lipinski definition) is 0. The van der Waals surface area contributed by atoms with E-state index in [-0.39, 0.29) is 10.8 Å². The quantitative estimate of drug-likeness (QED) is 0.646. The Labute approximate surface area is 144 Å². The Bertz CT molecular complexity index is 570. The molecule has 6 nitrogen and oxygen atoms in total. The molecule has 0 N–H and O–H groups in total. The van der Waals surface area contributed by atoms with Crippen LogP contribution >= 0.6 is 0 Å². The molecule has 0 aromatic heterocycles. The highest BCUT2D eigenvalue weighted by atomic mass is 15.4. The Morgan fingerprint density at radius 1 is 0.667 bits per heavy atom. The molecule has 8 rings (SSSR count). The Hall–Kier alpha value is -0.820. The second kappa shape index (κ2) is 4.47. The molecule has 4 unspecified atom stereocenters. The number of hydrogen-bond acceptors (Lipinski definition) is 6. The predicted molar refractivity (Wildman–Crippen MR) is 94.1 cm³/mol. The molecule has 0 amide bonds. The lowest BCUT2D eigenvalue weighted by Gasteiger charge is -2.59. The predicted octanol–water partition coefficient (Wildman–Crippen LogP) is 0.233. The van der Waals surface area contributed by atoms with Crippen molar-refractivity contribution in [2.75, 3.05) is 65.7 Å². The minimum Gasteiger partial charge on any atom is -0.289 e. The van der Waals surface area contributed by atoms with E-state index in [4.69, 9.17) is 10.2 Å². The first kappa shape index (κ1) is 14.4. The van der Waals surface area contributed by atoms with Crippen LogP contribution in [0.5, 0.6) is 0 Å². The van der Waals surface area contributed by atoms with Gasteiger partial charge in [0.25, 0.3) is 0 Å². The molecule has 0 radical (unpaired) electrons. The SMILES string of the molecule is CC12CN3CC(CN(C3)C1)C2=NN=C1C2CN3CN(C2)CC1(C)C3. The molecule has 0 aromatic rings. The Kier molecular flexibility index (Phi) is 2.67. The van der Waals surface area contributed by atoms with Crippen molar-refractivity contribution in [2.24, 2.45) is 32.9 Å². The maximum atomic E-state index is 5.00. The molecule has 6 heteroatoms. The largest absolute Gasteiger partial charge is 0.289 e. The van der Waals surface area contributed by atoms with Gasteiger partial charge in [0.15, 0.2) is 0 Å². The average molecular weight is 328 g/mol. The molecule has 8 saturated heterocycles. The van der Waals surface area contributed by atoms with E-state index in [0.29, 0.717) is 11.8 Å². The zero-order chi connectivity index (χ0) is 16.1. The van der Waals surface area contributed by atoms with Crippen LogP contribution in [0.25, 0.3) is 0 Å². The summed E-state index contributed by atoms with van der Waals surface area (Å²) >= 11 is 0. The third-order valence-electron chi connectivity index (χ3n) is 7.28. The van der Waals surface area contributed by atoms with Crippen molar-refractivity contribution in [3.05, 3.63) is 0 Å². The summed E-state index contributed by atoms with van der Waals surface area (Å²) in [6.07, 6.45) is 0. The highest BCUT2D eigenvalue weighted by Crippen LogP contribution is 2.42. The first-order chi connectivity index (χ1) is 11.5. The second-order valence-corrected chi connectivity index (χ2v) is 9.81. The minimum absolute atomic E-state index is 0.225. The zero-order valence-electron chi connectivity index (χ0n) is 14.9. The molecule has 130 valence electrons. The van der Waals surface area contributed by atoms with Crippen LogP contribution in [0.2, 0.25) is 0 Å². The highest BCUT2D eigenvalue weighted by Gasteiger charge is 2.53. The van der Waals surface area contributed by atoms with Gasteiger partial charge in [-0.25, -0.2) is 0 Å². The molecule has 8 aliphatic heterocycles. The second-order valence-electron chi connectivity index (χ2n) is 9.81. The summed E-state index contributed by atoms with van der Waals surface area (Å²) in [6.45, 7) is 16.6. The van der Waals surface area contributed by atoms with Crippen molar-refractivity contribution in [3.8, 4) is 0 Å². The number of nitrogens with zero attached hydrogens (tertiary/aromatic N) is 6. The van der Waals surface area contributed by atoms with E-state index in [1.165, 1.54) is 77.1 Å². The van der Waals surface area contributed by atoms with Crippen molar-refractivity contribution >= 4 is 11.4 Å². The summed E-state index contributed by atoms with van der Waals surface area (Å²) < 4.78 is 0. The van der Waals surface area contributed by atoms with Crippen molar-refractivity contribution in [1.82, 2.24) is 19.6 Å². The molecule has 24 heavy (non-hydrogen) atoms. The summed E-state index contributed by atoms with van der Waals surface area (Å²) in [5, 5.41) is 10.00. The molecule has 8 fully saturated rings. The van der Waals surface area contributed by atoms with Crippen molar-refractivity contribution in [2.45, 2.75) is 13.8 Å². The molecular weight excluding hydrogens is 300 g/mol. The normalized spacial score (nSPS) is 60.6. The van der Waals surface area contributed by atoms with Crippen LogP contribution in [0.1, 0.15) is 13.8 Å². The minimum atomic E-state index is 0.225. The van der Waals surface area contributed by atoms with Gasteiger partial charge < -0.3 is 0 Å². The van der Waals surface area contributed by atoms with E-state index in [2.05, 4.69) is 33.4 Å². The molecular formula is C18H28N6. The smallest absolute Gasteiger partial charge is 0.0546 e. The first-order valence-corrected chi connectivity index (χ1v) is 9.57.